The molecule has 2 atom stereocenters. The average Bonchev–Trinajstić information content (AvgIpc) is 2.62. The molecule has 2 N–H and O–H groups in total. The maximum absolute atomic E-state index is 13.3. The Hall–Kier alpha value is -2.81. The lowest BCUT2D eigenvalue weighted by Gasteiger charge is -2.34. The lowest BCUT2D eigenvalue weighted by molar-refractivity contribution is 0.468. The smallest absolute Gasteiger partial charge is 0.123 e. The van der Waals surface area contributed by atoms with Crippen LogP contribution in [0.4, 0.5) is 4.39 Å². The van der Waals surface area contributed by atoms with Gasteiger partial charge in [0.05, 0.1) is 0 Å². The van der Waals surface area contributed by atoms with Crippen LogP contribution in [0.1, 0.15) is 40.5 Å². The number of halogens is 1. The van der Waals surface area contributed by atoms with Gasteiger partial charge in [-0.2, -0.15) is 0 Å². The first-order valence-corrected chi connectivity index (χ1v) is 8.48. The fourth-order valence-electron chi connectivity index (χ4n) is 3.97. The van der Waals surface area contributed by atoms with Gasteiger partial charge >= 0.3 is 0 Å². The molecular formula is C22H19FO2. The SMILES string of the molecule is Oc1ccc(C2c3ccc(O)cc3CCC2c2ccc(F)cc2)cc1. The molecule has 2 unspecified atom stereocenters. The van der Waals surface area contributed by atoms with Crippen molar-refractivity contribution in [1.29, 1.82) is 0 Å². The van der Waals surface area contributed by atoms with E-state index in [9.17, 15) is 14.6 Å². The van der Waals surface area contributed by atoms with Crippen LogP contribution in [0.3, 0.4) is 0 Å². The summed E-state index contributed by atoms with van der Waals surface area (Å²) in [6.07, 6.45) is 1.80. The van der Waals surface area contributed by atoms with Gasteiger partial charge in [0.2, 0.25) is 0 Å². The lowest BCUT2D eigenvalue weighted by Crippen LogP contribution is -2.20. The maximum Gasteiger partial charge on any atom is 0.123 e. The third kappa shape index (κ3) is 2.98. The van der Waals surface area contributed by atoms with Crippen molar-refractivity contribution in [3.63, 3.8) is 0 Å². The molecule has 3 heteroatoms. The number of aryl methyl sites for hydroxylation is 1. The van der Waals surface area contributed by atoms with Gasteiger partial charge in [-0.3, -0.25) is 0 Å². The van der Waals surface area contributed by atoms with E-state index in [1.807, 2.05) is 36.4 Å². The van der Waals surface area contributed by atoms with Gasteiger partial charge in [0, 0.05) is 5.92 Å². The summed E-state index contributed by atoms with van der Waals surface area (Å²) in [7, 11) is 0. The molecule has 3 aromatic rings. The largest absolute Gasteiger partial charge is 0.508 e. The van der Waals surface area contributed by atoms with Crippen LogP contribution >= 0.6 is 0 Å². The van der Waals surface area contributed by atoms with Crippen molar-refractivity contribution in [3.8, 4) is 11.5 Å². The summed E-state index contributed by atoms with van der Waals surface area (Å²) in [6.45, 7) is 0. The third-order valence-corrected chi connectivity index (χ3v) is 5.14. The van der Waals surface area contributed by atoms with E-state index < -0.39 is 0 Å². The van der Waals surface area contributed by atoms with Crippen LogP contribution in [0.25, 0.3) is 0 Å². The number of aromatic hydroxyl groups is 2. The molecule has 3 aromatic carbocycles. The number of fused-ring (bicyclic) bond motifs is 1. The minimum atomic E-state index is -0.230. The first-order valence-electron chi connectivity index (χ1n) is 8.48. The van der Waals surface area contributed by atoms with Crippen LogP contribution < -0.4 is 0 Å². The number of benzene rings is 3. The molecule has 0 saturated carbocycles. The summed E-state index contributed by atoms with van der Waals surface area (Å²) in [4.78, 5) is 0. The first-order chi connectivity index (χ1) is 12.1. The van der Waals surface area contributed by atoms with Crippen LogP contribution in [-0.4, -0.2) is 10.2 Å². The standard InChI is InChI=1S/C22H19FO2/c23-17-6-1-14(2-7-17)20-11-5-16-13-19(25)10-12-21(16)22(20)15-3-8-18(24)9-4-15/h1-4,6-10,12-13,20,22,24-25H,5,11H2. The molecule has 0 radical (unpaired) electrons. The van der Waals surface area contributed by atoms with Crippen molar-refractivity contribution < 1.29 is 14.6 Å². The summed E-state index contributed by atoms with van der Waals surface area (Å²) < 4.78 is 13.3. The highest BCUT2D eigenvalue weighted by Gasteiger charge is 2.32. The summed E-state index contributed by atoms with van der Waals surface area (Å²) in [5.74, 6) is 0.621. The predicted molar refractivity (Wildman–Crippen MR) is 95.5 cm³/mol. The van der Waals surface area contributed by atoms with E-state index in [2.05, 4.69) is 0 Å². The lowest BCUT2D eigenvalue weighted by atomic mass is 9.69. The van der Waals surface area contributed by atoms with Crippen molar-refractivity contribution in [2.75, 3.05) is 0 Å². The van der Waals surface area contributed by atoms with Crippen LogP contribution in [0, 0.1) is 5.82 Å². The number of hydrogen-bond acceptors (Lipinski definition) is 2. The maximum atomic E-state index is 13.3. The van der Waals surface area contributed by atoms with Crippen molar-refractivity contribution in [2.45, 2.75) is 24.7 Å². The number of rotatable bonds is 2. The molecule has 126 valence electrons. The van der Waals surface area contributed by atoms with E-state index in [1.165, 1.54) is 17.7 Å². The molecule has 2 nitrogen and oxygen atoms in total. The number of phenols is 2. The summed E-state index contributed by atoms with van der Waals surface area (Å²) in [6, 6.07) is 19.6. The van der Waals surface area contributed by atoms with Gasteiger partial charge in [0.15, 0.2) is 0 Å². The minimum absolute atomic E-state index is 0.107. The summed E-state index contributed by atoms with van der Waals surface area (Å²) >= 11 is 0. The monoisotopic (exact) mass is 334 g/mol. The quantitative estimate of drug-likeness (QED) is 0.684. The van der Waals surface area contributed by atoms with Gasteiger partial charge < -0.3 is 10.2 Å². The zero-order chi connectivity index (χ0) is 17.4. The molecule has 0 spiro atoms. The van der Waals surface area contributed by atoms with Crippen molar-refractivity contribution in [2.24, 2.45) is 0 Å². The van der Waals surface area contributed by atoms with E-state index in [1.54, 1.807) is 18.2 Å². The zero-order valence-electron chi connectivity index (χ0n) is 13.7. The molecule has 25 heavy (non-hydrogen) atoms. The molecule has 0 fully saturated rings. The number of hydrogen-bond donors (Lipinski definition) is 2. The fraction of sp³-hybridized carbons (Fsp3) is 0.182. The Kier molecular flexibility index (Phi) is 3.92. The molecule has 4 rings (SSSR count). The van der Waals surface area contributed by atoms with Crippen molar-refractivity contribution in [1.82, 2.24) is 0 Å². The van der Waals surface area contributed by atoms with Crippen LogP contribution in [0.15, 0.2) is 66.7 Å². The topological polar surface area (TPSA) is 40.5 Å². The Bertz CT molecular complexity index is 885. The molecule has 0 aliphatic heterocycles. The van der Waals surface area contributed by atoms with Gasteiger partial charge in [-0.05, 0) is 77.4 Å². The molecule has 0 amide bonds. The summed E-state index contributed by atoms with van der Waals surface area (Å²) in [5, 5.41) is 19.4. The minimum Gasteiger partial charge on any atom is -0.508 e. The Morgan fingerprint density at radius 1 is 0.760 bits per heavy atom. The van der Waals surface area contributed by atoms with Crippen LogP contribution in [0.2, 0.25) is 0 Å². The van der Waals surface area contributed by atoms with Gasteiger partial charge in [0.25, 0.3) is 0 Å². The van der Waals surface area contributed by atoms with Crippen LogP contribution in [0.5, 0.6) is 11.5 Å². The van der Waals surface area contributed by atoms with Crippen molar-refractivity contribution in [3.05, 3.63) is 94.8 Å². The second-order valence-corrected chi connectivity index (χ2v) is 6.65. The molecule has 0 saturated heterocycles. The second kappa shape index (κ2) is 6.25. The van der Waals surface area contributed by atoms with Gasteiger partial charge in [-0.1, -0.05) is 30.3 Å². The fourth-order valence-corrected chi connectivity index (χ4v) is 3.97. The van der Waals surface area contributed by atoms with Gasteiger partial charge in [0.1, 0.15) is 17.3 Å². The Morgan fingerprint density at radius 3 is 2.12 bits per heavy atom. The zero-order valence-corrected chi connectivity index (χ0v) is 13.7. The highest BCUT2D eigenvalue weighted by Crippen LogP contribution is 2.47. The third-order valence-electron chi connectivity index (χ3n) is 5.14. The molecular weight excluding hydrogens is 315 g/mol. The van der Waals surface area contributed by atoms with E-state index in [4.69, 9.17) is 0 Å². The van der Waals surface area contributed by atoms with Gasteiger partial charge in [-0.15, -0.1) is 0 Å². The average molecular weight is 334 g/mol. The highest BCUT2D eigenvalue weighted by molar-refractivity contribution is 5.48. The van der Waals surface area contributed by atoms with Gasteiger partial charge in [-0.25, -0.2) is 4.39 Å². The number of phenolic OH excluding ortho intramolecular Hbond substituents is 2. The molecule has 0 heterocycles. The second-order valence-electron chi connectivity index (χ2n) is 6.65. The molecule has 1 aliphatic rings. The van der Waals surface area contributed by atoms with Crippen molar-refractivity contribution >= 4 is 0 Å². The summed E-state index contributed by atoms with van der Waals surface area (Å²) in [5.41, 5.74) is 4.55. The molecule has 0 aromatic heterocycles. The molecule has 0 bridgehead atoms. The highest BCUT2D eigenvalue weighted by atomic mass is 19.1. The Morgan fingerprint density at radius 2 is 1.40 bits per heavy atom. The van der Waals surface area contributed by atoms with E-state index in [0.717, 1.165) is 29.5 Å². The first kappa shape index (κ1) is 15.7. The normalized spacial score (nSPS) is 19.4. The van der Waals surface area contributed by atoms with E-state index in [0.29, 0.717) is 0 Å². The van der Waals surface area contributed by atoms with E-state index in [-0.39, 0.29) is 29.2 Å². The molecule has 1 aliphatic carbocycles. The van der Waals surface area contributed by atoms with E-state index >= 15 is 0 Å². The Balaban J connectivity index is 1.84. The van der Waals surface area contributed by atoms with Crippen LogP contribution in [-0.2, 0) is 6.42 Å². The predicted octanol–water partition coefficient (Wildman–Crippen LogP) is 5.10. The Labute approximate surface area is 146 Å².